The van der Waals surface area contributed by atoms with Crippen molar-refractivity contribution in [1.82, 2.24) is 19.6 Å². The van der Waals surface area contributed by atoms with Crippen LogP contribution in [0.15, 0.2) is 97.2 Å². The Balaban J connectivity index is 1.17. The van der Waals surface area contributed by atoms with Gasteiger partial charge in [0.05, 0.1) is 6.54 Å². The van der Waals surface area contributed by atoms with Crippen molar-refractivity contribution in [3.63, 3.8) is 0 Å². The number of nitrogens with one attached hydrogen (secondary N) is 1. The van der Waals surface area contributed by atoms with Gasteiger partial charge in [-0.2, -0.15) is 10.2 Å². The molecule has 8 heteroatoms. The van der Waals surface area contributed by atoms with E-state index in [1.807, 2.05) is 79.7 Å². The molecule has 0 fully saturated rings. The van der Waals surface area contributed by atoms with Crippen LogP contribution in [0.5, 0.6) is 5.75 Å². The van der Waals surface area contributed by atoms with Gasteiger partial charge in [-0.3, -0.25) is 9.48 Å². The fourth-order valence-corrected chi connectivity index (χ4v) is 3.96. The fraction of sp³-hybridized carbons (Fsp3) is 0.107. The highest BCUT2D eigenvalue weighted by Crippen LogP contribution is 2.22. The van der Waals surface area contributed by atoms with Gasteiger partial charge in [0.15, 0.2) is 18.2 Å². The highest BCUT2D eigenvalue weighted by atomic mass is 35.5. The lowest BCUT2D eigenvalue weighted by molar-refractivity contribution is 0.101. The number of aromatic nitrogens is 4. The average molecular weight is 498 g/mol. The number of anilines is 1. The van der Waals surface area contributed by atoms with Crippen LogP contribution in [0.1, 0.15) is 21.7 Å². The number of carbonyl (C=O) groups excluding carboxylic acids is 1. The maximum Gasteiger partial charge on any atom is 0.277 e. The molecule has 0 saturated carbocycles. The number of benzene rings is 3. The van der Waals surface area contributed by atoms with Crippen molar-refractivity contribution < 1.29 is 9.53 Å². The lowest BCUT2D eigenvalue weighted by Gasteiger charge is -2.07. The van der Waals surface area contributed by atoms with Crippen molar-refractivity contribution in [2.24, 2.45) is 0 Å². The molecular formula is C28H24ClN5O2. The highest BCUT2D eigenvalue weighted by Gasteiger charge is 2.14. The molecule has 0 saturated heterocycles. The third-order valence-electron chi connectivity index (χ3n) is 5.70. The first-order valence-electron chi connectivity index (χ1n) is 11.5. The molecule has 0 bridgehead atoms. The fourth-order valence-electron chi connectivity index (χ4n) is 3.77. The van der Waals surface area contributed by atoms with Gasteiger partial charge in [0.2, 0.25) is 0 Å². The van der Waals surface area contributed by atoms with Gasteiger partial charge in [-0.1, -0.05) is 72.3 Å². The summed E-state index contributed by atoms with van der Waals surface area (Å²) >= 11 is 6.27. The van der Waals surface area contributed by atoms with Crippen LogP contribution in [0.2, 0.25) is 5.02 Å². The monoisotopic (exact) mass is 497 g/mol. The molecule has 5 rings (SSSR count). The summed E-state index contributed by atoms with van der Waals surface area (Å²) in [4.78, 5) is 12.7. The van der Waals surface area contributed by atoms with Crippen LogP contribution in [-0.4, -0.2) is 25.5 Å². The molecule has 7 nitrogen and oxygen atoms in total. The minimum atomic E-state index is -0.344. The van der Waals surface area contributed by atoms with E-state index in [4.69, 9.17) is 16.3 Å². The molecule has 5 aromatic rings. The van der Waals surface area contributed by atoms with Crippen molar-refractivity contribution in [2.45, 2.75) is 20.2 Å². The average Bonchev–Trinajstić information content (AvgIpc) is 3.51. The van der Waals surface area contributed by atoms with E-state index < -0.39 is 0 Å². The normalized spacial score (nSPS) is 10.8. The van der Waals surface area contributed by atoms with Crippen LogP contribution in [-0.2, 0) is 13.3 Å². The van der Waals surface area contributed by atoms with E-state index in [0.717, 1.165) is 28.1 Å². The van der Waals surface area contributed by atoms with Gasteiger partial charge in [-0.25, -0.2) is 4.68 Å². The smallest absolute Gasteiger partial charge is 0.277 e. The van der Waals surface area contributed by atoms with E-state index >= 15 is 0 Å². The summed E-state index contributed by atoms with van der Waals surface area (Å²) in [5, 5.41) is 12.3. The molecule has 1 N–H and O–H groups in total. The van der Waals surface area contributed by atoms with E-state index in [0.29, 0.717) is 17.4 Å². The zero-order chi connectivity index (χ0) is 24.9. The minimum absolute atomic E-state index is 0.184. The van der Waals surface area contributed by atoms with Crippen LogP contribution >= 0.6 is 11.6 Å². The molecule has 0 unspecified atom stereocenters. The largest absolute Gasteiger partial charge is 0.471 e. The number of halogens is 1. The van der Waals surface area contributed by atoms with Crippen molar-refractivity contribution in [3.05, 3.63) is 119 Å². The first-order chi connectivity index (χ1) is 17.5. The minimum Gasteiger partial charge on any atom is -0.471 e. The van der Waals surface area contributed by atoms with Gasteiger partial charge in [0, 0.05) is 23.0 Å². The lowest BCUT2D eigenvalue weighted by Crippen LogP contribution is -2.15. The van der Waals surface area contributed by atoms with Crippen LogP contribution in [0.4, 0.5) is 5.82 Å². The van der Waals surface area contributed by atoms with Crippen LogP contribution in [0, 0.1) is 6.92 Å². The number of hydrogen-bond acceptors (Lipinski definition) is 4. The molecule has 180 valence electrons. The Kier molecular flexibility index (Phi) is 6.82. The Morgan fingerprint density at radius 2 is 1.64 bits per heavy atom. The quantitative estimate of drug-likeness (QED) is 0.283. The van der Waals surface area contributed by atoms with Gasteiger partial charge in [0.25, 0.3) is 5.91 Å². The maximum absolute atomic E-state index is 12.7. The molecule has 0 spiro atoms. The second-order valence-corrected chi connectivity index (χ2v) is 8.69. The molecule has 36 heavy (non-hydrogen) atoms. The van der Waals surface area contributed by atoms with Crippen LogP contribution in [0.25, 0.3) is 11.1 Å². The lowest BCUT2D eigenvalue weighted by atomic mass is 10.1. The van der Waals surface area contributed by atoms with Gasteiger partial charge >= 0.3 is 0 Å². The van der Waals surface area contributed by atoms with Gasteiger partial charge in [-0.15, -0.1) is 0 Å². The van der Waals surface area contributed by atoms with Crippen molar-refractivity contribution in [2.75, 3.05) is 5.32 Å². The number of amides is 1. The van der Waals surface area contributed by atoms with E-state index in [1.165, 1.54) is 0 Å². The third kappa shape index (κ3) is 5.47. The first-order valence-corrected chi connectivity index (χ1v) is 11.8. The third-order valence-corrected chi connectivity index (χ3v) is 6.07. The van der Waals surface area contributed by atoms with Gasteiger partial charge < -0.3 is 10.1 Å². The van der Waals surface area contributed by atoms with Crippen molar-refractivity contribution in [3.8, 4) is 16.9 Å². The topological polar surface area (TPSA) is 74.0 Å². The zero-order valence-electron chi connectivity index (χ0n) is 19.6. The number of hydrogen-bond donors (Lipinski definition) is 1. The van der Waals surface area contributed by atoms with Crippen LogP contribution < -0.4 is 10.1 Å². The summed E-state index contributed by atoms with van der Waals surface area (Å²) < 4.78 is 9.19. The van der Waals surface area contributed by atoms with Crippen molar-refractivity contribution >= 4 is 23.3 Å². The summed E-state index contributed by atoms with van der Waals surface area (Å²) in [6.45, 7) is 2.63. The van der Waals surface area contributed by atoms with Crippen LogP contribution in [0.3, 0.4) is 0 Å². The summed E-state index contributed by atoms with van der Waals surface area (Å²) in [6, 6.07) is 29.1. The zero-order valence-corrected chi connectivity index (χ0v) is 20.4. The molecule has 2 aromatic heterocycles. The summed E-state index contributed by atoms with van der Waals surface area (Å²) in [5.41, 5.74) is 4.40. The SMILES string of the molecule is Cc1cc(NC(=O)c2ccn(COc3ccc(-c4ccccc4)cc3)n2)nn1Cc1ccccc1Cl. The Hall–Kier alpha value is -4.36. The first kappa shape index (κ1) is 23.4. The standard InChI is InChI=1S/C28H24ClN5O2/c1-20-17-27(32-34(20)18-23-9-5-6-10-25(23)29)30-28(35)26-15-16-33(31-26)19-36-24-13-11-22(12-14-24)21-7-3-2-4-8-21/h2-17H,18-19H2,1H3,(H,30,32,35). The molecule has 3 aromatic carbocycles. The van der Waals surface area contributed by atoms with E-state index in [2.05, 4.69) is 27.6 Å². The van der Waals surface area contributed by atoms with Gasteiger partial charge in [-0.05, 0) is 47.9 Å². The molecule has 2 heterocycles. The highest BCUT2D eigenvalue weighted by molar-refractivity contribution is 6.31. The molecule has 0 aliphatic carbocycles. The number of rotatable bonds is 8. The number of carbonyl (C=O) groups is 1. The Labute approximate surface area is 213 Å². The van der Waals surface area contributed by atoms with E-state index in [-0.39, 0.29) is 18.3 Å². The number of aryl methyl sites for hydroxylation is 1. The predicted octanol–water partition coefficient (Wildman–Crippen LogP) is 6.05. The summed E-state index contributed by atoms with van der Waals surface area (Å²) in [6.07, 6.45) is 1.70. The second-order valence-electron chi connectivity index (χ2n) is 8.28. The maximum atomic E-state index is 12.7. The van der Waals surface area contributed by atoms with Crippen molar-refractivity contribution in [1.29, 1.82) is 0 Å². The Morgan fingerprint density at radius 1 is 0.917 bits per heavy atom. The molecule has 0 aliphatic heterocycles. The Morgan fingerprint density at radius 3 is 2.42 bits per heavy atom. The van der Waals surface area contributed by atoms with E-state index in [1.54, 1.807) is 21.6 Å². The molecule has 1 amide bonds. The Bertz CT molecular complexity index is 1480. The number of ether oxygens (including phenoxy) is 1. The molecule has 0 atom stereocenters. The van der Waals surface area contributed by atoms with E-state index in [9.17, 15) is 4.79 Å². The number of nitrogens with zero attached hydrogens (tertiary/aromatic N) is 4. The summed E-state index contributed by atoms with van der Waals surface area (Å²) in [7, 11) is 0. The molecule has 0 aliphatic rings. The second kappa shape index (κ2) is 10.5. The van der Waals surface area contributed by atoms with Gasteiger partial charge in [0.1, 0.15) is 5.75 Å². The summed E-state index contributed by atoms with van der Waals surface area (Å²) in [5.74, 6) is 0.827. The molecular weight excluding hydrogens is 474 g/mol. The molecule has 0 radical (unpaired) electrons. The predicted molar refractivity (Wildman–Crippen MR) is 140 cm³/mol.